The maximum absolute atomic E-state index is 11.6. The summed E-state index contributed by atoms with van der Waals surface area (Å²) in [5, 5.41) is 5.59. The molecule has 2 N–H and O–H groups in total. The fourth-order valence-electron chi connectivity index (χ4n) is 1.40. The smallest absolute Gasteiger partial charge is 0.328 e. The highest BCUT2D eigenvalue weighted by Crippen LogP contribution is 2.08. The van der Waals surface area contributed by atoms with Crippen molar-refractivity contribution in [1.82, 2.24) is 10.6 Å². The van der Waals surface area contributed by atoms with E-state index in [1.54, 1.807) is 7.11 Å². The van der Waals surface area contributed by atoms with Gasteiger partial charge in [0, 0.05) is 13.7 Å². The minimum Gasteiger partial charge on any atom is -0.467 e. The van der Waals surface area contributed by atoms with Crippen LogP contribution in [-0.4, -0.2) is 51.8 Å². The van der Waals surface area contributed by atoms with Crippen molar-refractivity contribution in [2.45, 2.75) is 26.3 Å². The van der Waals surface area contributed by atoms with E-state index >= 15 is 0 Å². The Balaban J connectivity index is 0. The highest BCUT2D eigenvalue weighted by molar-refractivity contribution is 5.85. The molecule has 114 valence electrons. The van der Waals surface area contributed by atoms with Gasteiger partial charge in [0.1, 0.15) is 6.04 Å². The topological polar surface area (TPSA) is 76.7 Å². The summed E-state index contributed by atoms with van der Waals surface area (Å²) in [4.78, 5) is 23.2. The van der Waals surface area contributed by atoms with Gasteiger partial charge in [-0.1, -0.05) is 20.3 Å². The van der Waals surface area contributed by atoms with Crippen LogP contribution in [0, 0.1) is 5.92 Å². The Morgan fingerprint density at radius 1 is 1.26 bits per heavy atom. The summed E-state index contributed by atoms with van der Waals surface area (Å²) < 4.78 is 9.53. The fraction of sp³-hybridized carbons (Fsp3) is 0.833. The summed E-state index contributed by atoms with van der Waals surface area (Å²) in [6, 6.07) is -0.586. The van der Waals surface area contributed by atoms with Crippen LogP contribution >= 0.6 is 12.4 Å². The van der Waals surface area contributed by atoms with Crippen LogP contribution in [0.5, 0.6) is 0 Å². The zero-order chi connectivity index (χ0) is 14.0. The molecule has 2 atom stereocenters. The molecule has 0 bridgehead atoms. The van der Waals surface area contributed by atoms with Crippen LogP contribution in [0.4, 0.5) is 0 Å². The number of esters is 1. The summed E-state index contributed by atoms with van der Waals surface area (Å²) in [6.45, 7) is 5.16. The molecule has 0 aromatic rings. The number of halogens is 1. The van der Waals surface area contributed by atoms with Gasteiger partial charge in [-0.2, -0.15) is 0 Å². The lowest BCUT2D eigenvalue weighted by atomic mass is 9.99. The van der Waals surface area contributed by atoms with Crippen LogP contribution in [0.15, 0.2) is 0 Å². The minimum atomic E-state index is -0.586. The van der Waals surface area contributed by atoms with Gasteiger partial charge in [-0.05, 0) is 5.92 Å². The number of ether oxygens (including phenoxy) is 2. The molecule has 0 aliphatic heterocycles. The number of hydrogen-bond donors (Lipinski definition) is 2. The average molecular weight is 297 g/mol. The predicted octanol–water partition coefficient (Wildman–Crippen LogP) is 0.348. The molecule has 0 aliphatic carbocycles. The van der Waals surface area contributed by atoms with Crippen LogP contribution < -0.4 is 10.6 Å². The predicted molar refractivity (Wildman–Crippen MR) is 75.4 cm³/mol. The van der Waals surface area contributed by atoms with Crippen molar-refractivity contribution in [2.24, 2.45) is 5.92 Å². The van der Waals surface area contributed by atoms with Crippen molar-refractivity contribution >= 4 is 24.3 Å². The zero-order valence-corrected chi connectivity index (χ0v) is 12.8. The Hall–Kier alpha value is -0.850. The lowest BCUT2D eigenvalue weighted by Gasteiger charge is -2.21. The van der Waals surface area contributed by atoms with Crippen LogP contribution in [0.3, 0.4) is 0 Å². The molecule has 0 radical (unpaired) electrons. The van der Waals surface area contributed by atoms with Crippen molar-refractivity contribution in [3.8, 4) is 0 Å². The van der Waals surface area contributed by atoms with Crippen molar-refractivity contribution in [3.05, 3.63) is 0 Å². The van der Waals surface area contributed by atoms with Gasteiger partial charge in [-0.15, -0.1) is 12.4 Å². The van der Waals surface area contributed by atoms with Crippen LogP contribution in [0.2, 0.25) is 0 Å². The molecule has 19 heavy (non-hydrogen) atoms. The molecule has 0 spiro atoms. The number of methoxy groups -OCH3 is 2. The minimum absolute atomic E-state index is 0. The quantitative estimate of drug-likeness (QED) is 0.474. The molecule has 0 unspecified atom stereocenters. The molecular formula is C12H25ClN2O4. The number of nitrogens with one attached hydrogen (secondary N) is 2. The van der Waals surface area contributed by atoms with E-state index < -0.39 is 12.0 Å². The largest absolute Gasteiger partial charge is 0.467 e. The zero-order valence-electron chi connectivity index (χ0n) is 12.0. The summed E-state index contributed by atoms with van der Waals surface area (Å²) in [7, 11) is 2.92. The summed E-state index contributed by atoms with van der Waals surface area (Å²) >= 11 is 0. The second-order valence-corrected chi connectivity index (χ2v) is 4.12. The number of hydrogen-bond acceptors (Lipinski definition) is 5. The van der Waals surface area contributed by atoms with Crippen LogP contribution in [0.1, 0.15) is 20.3 Å². The second kappa shape index (κ2) is 12.2. The third-order valence-corrected chi connectivity index (χ3v) is 2.75. The molecule has 1 amide bonds. The molecule has 7 heteroatoms. The number of rotatable bonds is 9. The highest BCUT2D eigenvalue weighted by Gasteiger charge is 2.26. The molecule has 0 aromatic carbocycles. The van der Waals surface area contributed by atoms with Crippen molar-refractivity contribution < 1.29 is 19.1 Å². The highest BCUT2D eigenvalue weighted by atomic mass is 35.5. The molecule has 0 rings (SSSR count). The van der Waals surface area contributed by atoms with Crippen molar-refractivity contribution in [1.29, 1.82) is 0 Å². The van der Waals surface area contributed by atoms with Gasteiger partial charge >= 0.3 is 5.97 Å². The average Bonchev–Trinajstić information content (AvgIpc) is 2.39. The van der Waals surface area contributed by atoms with E-state index in [1.165, 1.54) is 7.11 Å². The third-order valence-electron chi connectivity index (χ3n) is 2.75. The maximum atomic E-state index is 11.6. The number of amides is 1. The standard InChI is InChI=1S/C12H24N2O4.ClH/c1-5-9(2)11(12(16)18-4)14-10(15)8-13-6-7-17-3;/h9,11,13H,5-8H2,1-4H3,(H,14,15);1H/t9-,11-;/m0./s1. The molecule has 0 aliphatic rings. The van der Waals surface area contributed by atoms with Gasteiger partial charge < -0.3 is 20.1 Å². The summed E-state index contributed by atoms with van der Waals surface area (Å²) in [6.07, 6.45) is 0.789. The Labute approximate surface area is 121 Å². The lowest BCUT2D eigenvalue weighted by Crippen LogP contribution is -2.48. The summed E-state index contributed by atoms with van der Waals surface area (Å²) in [5.74, 6) is -0.586. The Bertz CT molecular complexity index is 264. The van der Waals surface area contributed by atoms with E-state index in [4.69, 9.17) is 4.74 Å². The van der Waals surface area contributed by atoms with E-state index in [-0.39, 0.29) is 30.8 Å². The van der Waals surface area contributed by atoms with Gasteiger partial charge in [0.25, 0.3) is 0 Å². The van der Waals surface area contributed by atoms with E-state index in [1.807, 2.05) is 13.8 Å². The SMILES string of the molecule is CC[C@H](C)[C@H](NC(=O)CNCCOC)C(=O)OC.Cl. The molecular weight excluding hydrogens is 272 g/mol. The Morgan fingerprint density at radius 3 is 2.37 bits per heavy atom. The molecule has 0 saturated heterocycles. The normalized spacial score (nSPS) is 13.1. The first-order chi connectivity index (χ1) is 8.56. The van der Waals surface area contributed by atoms with E-state index in [2.05, 4.69) is 15.4 Å². The first-order valence-corrected chi connectivity index (χ1v) is 6.13. The van der Waals surface area contributed by atoms with Gasteiger partial charge in [0.15, 0.2) is 0 Å². The molecule has 0 saturated carbocycles. The van der Waals surface area contributed by atoms with E-state index in [9.17, 15) is 9.59 Å². The third kappa shape index (κ3) is 8.80. The second-order valence-electron chi connectivity index (χ2n) is 4.12. The molecule has 0 aromatic heterocycles. The van der Waals surface area contributed by atoms with Gasteiger partial charge in [-0.3, -0.25) is 4.79 Å². The van der Waals surface area contributed by atoms with Crippen molar-refractivity contribution in [3.63, 3.8) is 0 Å². The first kappa shape index (κ1) is 20.5. The van der Waals surface area contributed by atoms with Crippen molar-refractivity contribution in [2.75, 3.05) is 33.9 Å². The van der Waals surface area contributed by atoms with Gasteiger partial charge in [-0.25, -0.2) is 4.79 Å². The lowest BCUT2D eigenvalue weighted by molar-refractivity contribution is -0.146. The molecule has 0 heterocycles. The molecule has 6 nitrogen and oxygen atoms in total. The molecule has 0 fully saturated rings. The monoisotopic (exact) mass is 296 g/mol. The fourth-order valence-corrected chi connectivity index (χ4v) is 1.40. The maximum Gasteiger partial charge on any atom is 0.328 e. The van der Waals surface area contributed by atoms with Crippen LogP contribution in [-0.2, 0) is 19.1 Å². The van der Waals surface area contributed by atoms with E-state index in [0.29, 0.717) is 13.2 Å². The first-order valence-electron chi connectivity index (χ1n) is 6.13. The summed E-state index contributed by atoms with van der Waals surface area (Å²) in [5.41, 5.74) is 0. The van der Waals surface area contributed by atoms with Gasteiger partial charge in [0.05, 0.1) is 20.3 Å². The number of carbonyl (C=O) groups excluding carboxylic acids is 2. The Morgan fingerprint density at radius 2 is 1.89 bits per heavy atom. The Kier molecular flexibility index (Phi) is 13.1. The number of carbonyl (C=O) groups is 2. The van der Waals surface area contributed by atoms with Crippen LogP contribution in [0.25, 0.3) is 0 Å². The van der Waals surface area contributed by atoms with Gasteiger partial charge in [0.2, 0.25) is 5.91 Å². The van der Waals surface area contributed by atoms with E-state index in [0.717, 1.165) is 6.42 Å².